The molecular weight excluding hydrogens is 408 g/mol. The normalized spacial score (nSPS) is 11.8. The quantitative estimate of drug-likeness (QED) is 0.538. The smallest absolute Gasteiger partial charge is 0.288 e. The third-order valence-electron chi connectivity index (χ3n) is 4.12. The minimum absolute atomic E-state index is 0.00756. The number of hydrogen-bond donors (Lipinski definition) is 2. The maximum absolute atomic E-state index is 12.2. The largest absolute Gasteiger partial charge is 0.350 e. The van der Waals surface area contributed by atoms with Gasteiger partial charge in [-0.25, -0.2) is 0 Å². The third-order valence-corrected chi connectivity index (χ3v) is 6.09. The van der Waals surface area contributed by atoms with Gasteiger partial charge in [0.05, 0.1) is 6.04 Å². The molecule has 0 spiro atoms. The molecule has 10 heteroatoms. The summed E-state index contributed by atoms with van der Waals surface area (Å²) in [6.07, 6.45) is 2.40. The minimum Gasteiger partial charge on any atom is -0.350 e. The molecule has 8 nitrogen and oxygen atoms in total. The van der Waals surface area contributed by atoms with Gasteiger partial charge in [-0.15, -0.1) is 20.4 Å². The maximum atomic E-state index is 12.2. The molecule has 0 saturated heterocycles. The average molecular weight is 431 g/mol. The van der Waals surface area contributed by atoms with Crippen molar-refractivity contribution in [2.45, 2.75) is 45.6 Å². The molecule has 0 saturated carbocycles. The van der Waals surface area contributed by atoms with Crippen LogP contribution in [0, 0.1) is 0 Å². The molecule has 0 fully saturated rings. The summed E-state index contributed by atoms with van der Waals surface area (Å²) in [5.74, 6) is -0.353. The summed E-state index contributed by atoms with van der Waals surface area (Å²) in [5.41, 5.74) is 1.07. The molecule has 0 bridgehead atoms. The number of hydrogen-bond acceptors (Lipinski definition) is 8. The lowest BCUT2D eigenvalue weighted by Gasteiger charge is -2.14. The zero-order chi connectivity index (χ0) is 20.6. The minimum atomic E-state index is -0.345. The molecule has 3 aromatic rings. The van der Waals surface area contributed by atoms with E-state index in [2.05, 4.69) is 31.0 Å². The van der Waals surface area contributed by atoms with Crippen molar-refractivity contribution >= 4 is 39.6 Å². The molecule has 0 aliphatic carbocycles. The fourth-order valence-corrected chi connectivity index (χ4v) is 4.03. The molecule has 29 heavy (non-hydrogen) atoms. The van der Waals surface area contributed by atoms with E-state index < -0.39 is 0 Å². The first-order valence-corrected chi connectivity index (χ1v) is 11.0. The predicted molar refractivity (Wildman–Crippen MR) is 113 cm³/mol. The topological polar surface area (TPSA) is 110 Å². The number of carbonyl (C=O) groups excluding carboxylic acids is 2. The summed E-state index contributed by atoms with van der Waals surface area (Å²) >= 11 is 2.57. The van der Waals surface area contributed by atoms with E-state index in [1.165, 1.54) is 22.7 Å². The molecule has 1 atom stereocenters. The molecule has 2 aromatic heterocycles. The van der Waals surface area contributed by atoms with Crippen LogP contribution in [0.3, 0.4) is 0 Å². The second-order valence-corrected chi connectivity index (χ2v) is 8.49. The van der Waals surface area contributed by atoms with Crippen molar-refractivity contribution in [2.75, 3.05) is 5.32 Å². The molecule has 2 heterocycles. The monoisotopic (exact) mass is 430 g/mol. The summed E-state index contributed by atoms with van der Waals surface area (Å²) in [7, 11) is 0. The van der Waals surface area contributed by atoms with Crippen molar-refractivity contribution in [3.05, 3.63) is 50.9 Å². The number of benzene rings is 1. The molecule has 2 amide bonds. The van der Waals surface area contributed by atoms with Gasteiger partial charge < -0.3 is 5.32 Å². The first kappa shape index (κ1) is 21.0. The lowest BCUT2D eigenvalue weighted by molar-refractivity contribution is -0.121. The van der Waals surface area contributed by atoms with Gasteiger partial charge in [0.15, 0.2) is 0 Å². The SMILES string of the molecule is CCc1nnc(NC(=O)c2nnc(CCCC(=O)NC(C)c3ccccc3)s2)s1. The van der Waals surface area contributed by atoms with Gasteiger partial charge in [-0.1, -0.05) is 59.9 Å². The zero-order valence-electron chi connectivity index (χ0n) is 16.2. The summed E-state index contributed by atoms with van der Waals surface area (Å²) in [6, 6.07) is 9.80. The van der Waals surface area contributed by atoms with Gasteiger partial charge >= 0.3 is 0 Å². The molecule has 2 N–H and O–H groups in total. The number of amides is 2. The highest BCUT2D eigenvalue weighted by molar-refractivity contribution is 7.16. The van der Waals surface area contributed by atoms with Crippen LogP contribution in [0.4, 0.5) is 5.13 Å². The van der Waals surface area contributed by atoms with E-state index in [1.54, 1.807) is 0 Å². The lowest BCUT2D eigenvalue weighted by atomic mass is 10.1. The van der Waals surface area contributed by atoms with Crippen LogP contribution < -0.4 is 10.6 Å². The molecule has 3 rings (SSSR count). The molecule has 0 aliphatic rings. The van der Waals surface area contributed by atoms with Crippen molar-refractivity contribution < 1.29 is 9.59 Å². The number of nitrogens with one attached hydrogen (secondary N) is 2. The molecular formula is C19H22N6O2S2. The van der Waals surface area contributed by atoms with Crippen LogP contribution in [0.5, 0.6) is 0 Å². The second kappa shape index (κ2) is 10.2. The number of aryl methyl sites for hydroxylation is 2. The number of aromatic nitrogens is 4. The van der Waals surface area contributed by atoms with Crippen LogP contribution in [0.1, 0.15) is 58.1 Å². The van der Waals surface area contributed by atoms with Crippen molar-refractivity contribution in [3.63, 3.8) is 0 Å². The third kappa shape index (κ3) is 6.13. The zero-order valence-corrected chi connectivity index (χ0v) is 17.8. The van der Waals surface area contributed by atoms with Crippen molar-refractivity contribution in [2.24, 2.45) is 0 Å². The highest BCUT2D eigenvalue weighted by atomic mass is 32.1. The first-order chi connectivity index (χ1) is 14.0. The van der Waals surface area contributed by atoms with E-state index in [4.69, 9.17) is 0 Å². The van der Waals surface area contributed by atoms with Crippen LogP contribution in [0.15, 0.2) is 30.3 Å². The number of rotatable bonds is 9. The Bertz CT molecular complexity index is 957. The van der Waals surface area contributed by atoms with Gasteiger partial charge in [0.1, 0.15) is 10.0 Å². The van der Waals surface area contributed by atoms with E-state index >= 15 is 0 Å². The Morgan fingerprint density at radius 3 is 2.52 bits per heavy atom. The maximum Gasteiger partial charge on any atom is 0.288 e. The van der Waals surface area contributed by atoms with E-state index in [1.807, 2.05) is 44.2 Å². The van der Waals surface area contributed by atoms with E-state index in [9.17, 15) is 9.59 Å². The fourth-order valence-electron chi connectivity index (χ4n) is 2.58. The summed E-state index contributed by atoms with van der Waals surface area (Å²) in [5, 5.41) is 23.9. The van der Waals surface area contributed by atoms with Crippen LogP contribution >= 0.6 is 22.7 Å². The summed E-state index contributed by atoms with van der Waals surface area (Å²) < 4.78 is 0. The Kier molecular flexibility index (Phi) is 7.36. The van der Waals surface area contributed by atoms with E-state index in [0.717, 1.165) is 22.0 Å². The number of carbonyl (C=O) groups is 2. The second-order valence-electron chi connectivity index (χ2n) is 6.36. The standard InChI is InChI=1S/C19H22N6O2S2/c1-3-15-22-25-19(29-15)21-17(27)18-24-23-16(28-18)11-7-10-14(26)20-12(2)13-8-5-4-6-9-13/h4-6,8-9,12H,3,7,10-11H2,1-2H3,(H,20,26)(H,21,25,27). The lowest BCUT2D eigenvalue weighted by Crippen LogP contribution is -2.26. The van der Waals surface area contributed by atoms with Gasteiger partial charge in [-0.05, 0) is 25.3 Å². The highest BCUT2D eigenvalue weighted by Crippen LogP contribution is 2.18. The van der Waals surface area contributed by atoms with Gasteiger partial charge in [-0.2, -0.15) is 0 Å². The van der Waals surface area contributed by atoms with Crippen molar-refractivity contribution in [3.8, 4) is 0 Å². The Morgan fingerprint density at radius 2 is 1.79 bits per heavy atom. The number of anilines is 1. The number of nitrogens with zero attached hydrogens (tertiary/aromatic N) is 4. The van der Waals surface area contributed by atoms with Crippen LogP contribution in [0.2, 0.25) is 0 Å². The molecule has 1 unspecified atom stereocenters. The Balaban J connectivity index is 1.43. The molecule has 152 valence electrons. The fraction of sp³-hybridized carbons (Fsp3) is 0.368. The predicted octanol–water partition coefficient (Wildman–Crippen LogP) is 3.40. The molecule has 0 radical (unpaired) electrons. The summed E-state index contributed by atoms with van der Waals surface area (Å²) in [6.45, 7) is 3.94. The van der Waals surface area contributed by atoms with Gasteiger partial charge in [0.2, 0.25) is 16.0 Å². The molecule has 1 aromatic carbocycles. The van der Waals surface area contributed by atoms with Gasteiger partial charge in [0.25, 0.3) is 5.91 Å². The van der Waals surface area contributed by atoms with E-state index in [-0.39, 0.29) is 22.9 Å². The van der Waals surface area contributed by atoms with Gasteiger partial charge in [0, 0.05) is 12.8 Å². The van der Waals surface area contributed by atoms with Crippen LogP contribution in [-0.4, -0.2) is 32.2 Å². The highest BCUT2D eigenvalue weighted by Gasteiger charge is 2.16. The van der Waals surface area contributed by atoms with Crippen LogP contribution in [0.25, 0.3) is 0 Å². The van der Waals surface area contributed by atoms with Crippen molar-refractivity contribution in [1.82, 2.24) is 25.7 Å². The van der Waals surface area contributed by atoms with Crippen LogP contribution in [-0.2, 0) is 17.6 Å². The van der Waals surface area contributed by atoms with E-state index in [0.29, 0.717) is 24.4 Å². The Labute approximate surface area is 176 Å². The van der Waals surface area contributed by atoms with Gasteiger partial charge in [-0.3, -0.25) is 14.9 Å². The first-order valence-electron chi connectivity index (χ1n) is 9.35. The Morgan fingerprint density at radius 1 is 1.03 bits per heavy atom. The molecule has 0 aliphatic heterocycles. The summed E-state index contributed by atoms with van der Waals surface area (Å²) in [4.78, 5) is 24.4. The Hall–Kier alpha value is -2.72. The average Bonchev–Trinajstić information content (AvgIpc) is 3.38. The van der Waals surface area contributed by atoms with Crippen molar-refractivity contribution in [1.29, 1.82) is 0 Å².